The number of rotatable bonds is 9. The Labute approximate surface area is 151 Å². The van der Waals surface area contributed by atoms with E-state index >= 15 is 0 Å². The maximum atomic E-state index is 11.8. The summed E-state index contributed by atoms with van der Waals surface area (Å²) in [5.74, 6) is 0.700. The molecule has 0 atom stereocenters. The van der Waals surface area contributed by atoms with Gasteiger partial charge in [-0.15, -0.1) is 0 Å². The van der Waals surface area contributed by atoms with Gasteiger partial charge in [-0.05, 0) is 19.3 Å². The number of nitrogens with zero attached hydrogens (tertiary/aromatic N) is 4. The van der Waals surface area contributed by atoms with Crippen LogP contribution in [0.1, 0.15) is 50.6 Å². The SMILES string of the molecule is CCCCNC(=NCc1c(CC)nn(C)c1CC)NCC(=O)N(C)C. The molecule has 0 unspecified atom stereocenters. The fraction of sp³-hybridized carbons (Fsp3) is 0.722. The Hall–Kier alpha value is -2.05. The van der Waals surface area contributed by atoms with Gasteiger partial charge < -0.3 is 15.5 Å². The summed E-state index contributed by atoms with van der Waals surface area (Å²) >= 11 is 0. The van der Waals surface area contributed by atoms with E-state index < -0.39 is 0 Å². The molecule has 0 saturated carbocycles. The fourth-order valence-corrected chi connectivity index (χ4v) is 2.61. The van der Waals surface area contributed by atoms with Gasteiger partial charge in [0.15, 0.2) is 5.96 Å². The number of aryl methyl sites for hydroxylation is 2. The molecule has 0 saturated heterocycles. The number of guanidine groups is 1. The monoisotopic (exact) mass is 350 g/mol. The highest BCUT2D eigenvalue weighted by molar-refractivity contribution is 5.86. The molecule has 0 aliphatic carbocycles. The summed E-state index contributed by atoms with van der Waals surface area (Å²) in [5.41, 5.74) is 3.52. The van der Waals surface area contributed by atoms with Crippen molar-refractivity contribution in [2.75, 3.05) is 27.2 Å². The zero-order valence-electron chi connectivity index (χ0n) is 16.6. The summed E-state index contributed by atoms with van der Waals surface area (Å²) in [6.45, 7) is 8.05. The van der Waals surface area contributed by atoms with Crippen molar-refractivity contribution in [3.8, 4) is 0 Å². The third kappa shape index (κ3) is 6.40. The van der Waals surface area contributed by atoms with Gasteiger partial charge in [0.2, 0.25) is 5.91 Å². The van der Waals surface area contributed by atoms with Crippen LogP contribution >= 0.6 is 0 Å². The van der Waals surface area contributed by atoms with Crippen molar-refractivity contribution in [3.63, 3.8) is 0 Å². The van der Waals surface area contributed by atoms with Crippen LogP contribution in [0.2, 0.25) is 0 Å². The molecule has 2 N–H and O–H groups in total. The summed E-state index contributed by atoms with van der Waals surface area (Å²) in [5, 5.41) is 11.0. The summed E-state index contributed by atoms with van der Waals surface area (Å²) in [6.07, 6.45) is 4.00. The molecule has 0 aliphatic rings. The van der Waals surface area contributed by atoms with Crippen molar-refractivity contribution in [2.45, 2.75) is 53.0 Å². The minimum Gasteiger partial charge on any atom is -0.356 e. The smallest absolute Gasteiger partial charge is 0.241 e. The average Bonchev–Trinajstić information content (AvgIpc) is 2.91. The molecule has 0 fully saturated rings. The van der Waals surface area contributed by atoms with Crippen LogP contribution in [0.3, 0.4) is 0 Å². The van der Waals surface area contributed by atoms with Gasteiger partial charge in [0.1, 0.15) is 0 Å². The Morgan fingerprint density at radius 3 is 2.48 bits per heavy atom. The van der Waals surface area contributed by atoms with E-state index in [4.69, 9.17) is 4.99 Å². The molecule has 0 spiro atoms. The van der Waals surface area contributed by atoms with Crippen molar-refractivity contribution in [2.24, 2.45) is 12.0 Å². The standard InChI is InChI=1S/C18H34N6O/c1-7-10-11-19-18(21-13-17(25)23(4)5)20-12-14-15(8-2)22-24(6)16(14)9-3/h7-13H2,1-6H3,(H2,19,20,21). The first-order valence-corrected chi connectivity index (χ1v) is 9.20. The van der Waals surface area contributed by atoms with Gasteiger partial charge in [-0.1, -0.05) is 27.2 Å². The highest BCUT2D eigenvalue weighted by atomic mass is 16.2. The normalized spacial score (nSPS) is 11.5. The van der Waals surface area contributed by atoms with Crippen molar-refractivity contribution in [1.29, 1.82) is 0 Å². The number of unbranched alkanes of at least 4 members (excludes halogenated alkanes) is 1. The fourth-order valence-electron chi connectivity index (χ4n) is 2.61. The summed E-state index contributed by atoms with van der Waals surface area (Å²) in [6, 6.07) is 0. The number of hydrogen-bond donors (Lipinski definition) is 2. The van der Waals surface area contributed by atoms with Crippen LogP contribution in [0.4, 0.5) is 0 Å². The molecule has 0 radical (unpaired) electrons. The predicted octanol–water partition coefficient (Wildman–Crippen LogP) is 1.47. The van der Waals surface area contributed by atoms with E-state index in [1.165, 1.54) is 11.3 Å². The number of carbonyl (C=O) groups is 1. The molecular weight excluding hydrogens is 316 g/mol. The highest BCUT2D eigenvalue weighted by Crippen LogP contribution is 2.16. The third-order valence-electron chi connectivity index (χ3n) is 4.15. The molecule has 0 aliphatic heterocycles. The topological polar surface area (TPSA) is 74.5 Å². The van der Waals surface area contributed by atoms with Gasteiger partial charge in [-0.2, -0.15) is 5.10 Å². The van der Waals surface area contributed by atoms with E-state index in [9.17, 15) is 4.79 Å². The Balaban J connectivity index is 2.88. The lowest BCUT2D eigenvalue weighted by molar-refractivity contribution is -0.127. The number of likely N-dealkylation sites (N-methyl/N-ethyl adjacent to an activating group) is 1. The van der Waals surface area contributed by atoms with Crippen molar-refractivity contribution in [3.05, 3.63) is 17.0 Å². The number of aliphatic imine (C=N–C) groups is 1. The number of amides is 1. The van der Waals surface area contributed by atoms with Gasteiger partial charge in [-0.3, -0.25) is 9.48 Å². The van der Waals surface area contributed by atoms with Crippen LogP contribution in [-0.4, -0.2) is 53.7 Å². The molecule has 7 nitrogen and oxygen atoms in total. The van der Waals surface area contributed by atoms with Crippen LogP contribution in [0.25, 0.3) is 0 Å². The van der Waals surface area contributed by atoms with Crippen LogP contribution in [0.15, 0.2) is 4.99 Å². The molecule has 7 heteroatoms. The van der Waals surface area contributed by atoms with Gasteiger partial charge >= 0.3 is 0 Å². The lowest BCUT2D eigenvalue weighted by Crippen LogP contribution is -2.43. The second-order valence-corrected chi connectivity index (χ2v) is 6.29. The molecule has 1 rings (SSSR count). The van der Waals surface area contributed by atoms with E-state index in [1.807, 2.05) is 11.7 Å². The van der Waals surface area contributed by atoms with Crippen LogP contribution in [-0.2, 0) is 31.2 Å². The largest absolute Gasteiger partial charge is 0.356 e. The summed E-state index contributed by atoms with van der Waals surface area (Å²) in [4.78, 5) is 18.1. The maximum Gasteiger partial charge on any atom is 0.241 e. The highest BCUT2D eigenvalue weighted by Gasteiger charge is 2.13. The van der Waals surface area contributed by atoms with Crippen LogP contribution in [0.5, 0.6) is 0 Å². The van der Waals surface area contributed by atoms with E-state index in [1.54, 1.807) is 19.0 Å². The summed E-state index contributed by atoms with van der Waals surface area (Å²) in [7, 11) is 5.49. The summed E-state index contributed by atoms with van der Waals surface area (Å²) < 4.78 is 1.96. The molecule has 142 valence electrons. The van der Waals surface area contributed by atoms with Crippen LogP contribution < -0.4 is 10.6 Å². The molecule has 25 heavy (non-hydrogen) atoms. The number of hydrogen-bond acceptors (Lipinski definition) is 3. The average molecular weight is 351 g/mol. The van der Waals surface area contributed by atoms with E-state index in [2.05, 4.69) is 36.5 Å². The van der Waals surface area contributed by atoms with Crippen molar-refractivity contribution >= 4 is 11.9 Å². The van der Waals surface area contributed by atoms with Gasteiger partial charge in [0.25, 0.3) is 0 Å². The van der Waals surface area contributed by atoms with Crippen molar-refractivity contribution < 1.29 is 4.79 Å². The van der Waals surface area contributed by atoms with E-state index in [-0.39, 0.29) is 12.5 Å². The Bertz CT molecular complexity index is 576. The van der Waals surface area contributed by atoms with Crippen LogP contribution in [0, 0.1) is 0 Å². The van der Waals surface area contributed by atoms with E-state index in [0.717, 1.165) is 37.9 Å². The quantitative estimate of drug-likeness (QED) is 0.402. The zero-order valence-corrected chi connectivity index (χ0v) is 16.6. The van der Waals surface area contributed by atoms with Gasteiger partial charge in [-0.25, -0.2) is 4.99 Å². The Kier molecular flexibility index (Phi) is 9.02. The third-order valence-corrected chi connectivity index (χ3v) is 4.15. The second-order valence-electron chi connectivity index (χ2n) is 6.29. The predicted molar refractivity (Wildman–Crippen MR) is 103 cm³/mol. The zero-order chi connectivity index (χ0) is 18.8. The van der Waals surface area contributed by atoms with Crippen molar-refractivity contribution in [1.82, 2.24) is 25.3 Å². The van der Waals surface area contributed by atoms with Gasteiger partial charge in [0, 0.05) is 38.9 Å². The number of aromatic nitrogens is 2. The first kappa shape index (κ1) is 21.0. The molecule has 0 aromatic carbocycles. The number of carbonyl (C=O) groups excluding carboxylic acids is 1. The Morgan fingerprint density at radius 2 is 1.92 bits per heavy atom. The minimum atomic E-state index is 0.0230. The van der Waals surface area contributed by atoms with Gasteiger partial charge in [0.05, 0.1) is 18.8 Å². The molecule has 1 aromatic heterocycles. The van der Waals surface area contributed by atoms with E-state index in [0.29, 0.717) is 12.5 Å². The molecule has 1 amide bonds. The molecule has 1 aromatic rings. The molecular formula is C18H34N6O. The second kappa shape index (κ2) is 10.7. The Morgan fingerprint density at radius 1 is 1.20 bits per heavy atom. The number of nitrogens with one attached hydrogen (secondary N) is 2. The molecule has 1 heterocycles. The lowest BCUT2D eigenvalue weighted by Gasteiger charge is -2.15. The maximum absolute atomic E-state index is 11.8. The first-order chi connectivity index (χ1) is 11.9. The first-order valence-electron chi connectivity index (χ1n) is 9.20. The lowest BCUT2D eigenvalue weighted by atomic mass is 10.1. The molecule has 0 bridgehead atoms. The minimum absolute atomic E-state index is 0.0230.